The van der Waals surface area contributed by atoms with Gasteiger partial charge in [-0.3, -0.25) is 4.79 Å². The number of hydrogen-bond acceptors (Lipinski definition) is 3. The van der Waals surface area contributed by atoms with Gasteiger partial charge in [0.15, 0.2) is 0 Å². The standard InChI is InChI=1S/C20H24BrNO3/c1-4-5-12-24-19-9-7-6-8-17(19)22-20(23)16-13-15(21)10-11-18(16)25-14(2)3/h6-11,13-14H,4-5,12H2,1-3H3,(H,22,23). The number of amides is 1. The summed E-state index contributed by atoms with van der Waals surface area (Å²) in [6.45, 7) is 6.60. The number of unbranched alkanes of at least 4 members (excludes halogenated alkanes) is 1. The molecule has 0 aliphatic heterocycles. The van der Waals surface area contributed by atoms with Crippen molar-refractivity contribution in [3.8, 4) is 11.5 Å². The third-order valence-electron chi connectivity index (χ3n) is 3.44. The molecule has 0 aromatic heterocycles. The first-order valence-corrected chi connectivity index (χ1v) is 9.30. The van der Waals surface area contributed by atoms with E-state index in [2.05, 4.69) is 28.2 Å². The Morgan fingerprint density at radius 3 is 2.64 bits per heavy atom. The van der Waals surface area contributed by atoms with Crippen molar-refractivity contribution < 1.29 is 14.3 Å². The summed E-state index contributed by atoms with van der Waals surface area (Å²) < 4.78 is 12.4. The van der Waals surface area contributed by atoms with E-state index < -0.39 is 0 Å². The molecule has 2 aromatic rings. The highest BCUT2D eigenvalue weighted by molar-refractivity contribution is 9.10. The zero-order valence-corrected chi connectivity index (χ0v) is 16.4. The van der Waals surface area contributed by atoms with Crippen molar-refractivity contribution in [3.05, 3.63) is 52.5 Å². The van der Waals surface area contributed by atoms with Crippen molar-refractivity contribution in [3.63, 3.8) is 0 Å². The van der Waals surface area contributed by atoms with Gasteiger partial charge in [-0.2, -0.15) is 0 Å². The van der Waals surface area contributed by atoms with Crippen LogP contribution in [0.15, 0.2) is 46.9 Å². The molecule has 134 valence electrons. The normalized spacial score (nSPS) is 10.6. The number of halogens is 1. The van der Waals surface area contributed by atoms with E-state index in [4.69, 9.17) is 9.47 Å². The van der Waals surface area contributed by atoms with E-state index in [0.717, 1.165) is 17.3 Å². The number of rotatable bonds is 8. The minimum Gasteiger partial charge on any atom is -0.491 e. The second-order valence-electron chi connectivity index (χ2n) is 5.96. The zero-order chi connectivity index (χ0) is 18.2. The van der Waals surface area contributed by atoms with Gasteiger partial charge >= 0.3 is 0 Å². The van der Waals surface area contributed by atoms with Crippen LogP contribution in [0.3, 0.4) is 0 Å². The largest absolute Gasteiger partial charge is 0.491 e. The van der Waals surface area contributed by atoms with E-state index in [1.807, 2.05) is 44.2 Å². The molecule has 1 N–H and O–H groups in total. The van der Waals surface area contributed by atoms with Crippen molar-refractivity contribution in [1.82, 2.24) is 0 Å². The fourth-order valence-electron chi connectivity index (χ4n) is 2.25. The lowest BCUT2D eigenvalue weighted by atomic mass is 10.1. The van der Waals surface area contributed by atoms with Crippen LogP contribution in [0.1, 0.15) is 44.0 Å². The molecule has 2 aromatic carbocycles. The lowest BCUT2D eigenvalue weighted by Crippen LogP contribution is -2.16. The first-order chi connectivity index (χ1) is 12.0. The molecular formula is C20H24BrNO3. The minimum absolute atomic E-state index is 0.0163. The number of anilines is 1. The quantitative estimate of drug-likeness (QED) is 0.575. The second kappa shape index (κ2) is 9.47. The van der Waals surface area contributed by atoms with Gasteiger partial charge in [-0.15, -0.1) is 0 Å². The maximum Gasteiger partial charge on any atom is 0.259 e. The van der Waals surface area contributed by atoms with Crippen LogP contribution < -0.4 is 14.8 Å². The molecular weight excluding hydrogens is 382 g/mol. The van der Waals surface area contributed by atoms with Crippen molar-refractivity contribution in [2.75, 3.05) is 11.9 Å². The number of carbonyl (C=O) groups is 1. The van der Waals surface area contributed by atoms with Gasteiger partial charge in [-0.1, -0.05) is 41.4 Å². The number of para-hydroxylation sites is 2. The highest BCUT2D eigenvalue weighted by atomic mass is 79.9. The van der Waals surface area contributed by atoms with Crippen LogP contribution in [-0.4, -0.2) is 18.6 Å². The third kappa shape index (κ3) is 5.78. The van der Waals surface area contributed by atoms with Crippen LogP contribution in [0, 0.1) is 0 Å². The summed E-state index contributed by atoms with van der Waals surface area (Å²) in [6, 6.07) is 12.9. The maximum absolute atomic E-state index is 12.8. The van der Waals surface area contributed by atoms with E-state index in [-0.39, 0.29) is 12.0 Å². The summed E-state index contributed by atoms with van der Waals surface area (Å²) in [7, 11) is 0. The van der Waals surface area contributed by atoms with Gasteiger partial charge in [-0.05, 0) is 50.6 Å². The average Bonchev–Trinajstić information content (AvgIpc) is 2.57. The number of hydrogen-bond donors (Lipinski definition) is 1. The van der Waals surface area contributed by atoms with Crippen molar-refractivity contribution >= 4 is 27.5 Å². The predicted octanol–water partition coefficient (Wildman–Crippen LogP) is 5.67. The van der Waals surface area contributed by atoms with Crippen LogP contribution in [-0.2, 0) is 0 Å². The van der Waals surface area contributed by atoms with E-state index in [9.17, 15) is 4.79 Å². The molecule has 0 aliphatic carbocycles. The van der Waals surface area contributed by atoms with Crippen LogP contribution in [0.4, 0.5) is 5.69 Å². The number of carbonyl (C=O) groups excluding carboxylic acids is 1. The smallest absolute Gasteiger partial charge is 0.259 e. The Bertz CT molecular complexity index is 716. The summed E-state index contributed by atoms with van der Waals surface area (Å²) in [5.41, 5.74) is 1.13. The van der Waals surface area contributed by atoms with E-state index in [0.29, 0.717) is 29.4 Å². The summed E-state index contributed by atoms with van der Waals surface area (Å²) in [4.78, 5) is 12.8. The maximum atomic E-state index is 12.8. The molecule has 2 rings (SSSR count). The van der Waals surface area contributed by atoms with Crippen molar-refractivity contribution in [2.45, 2.75) is 39.7 Å². The monoisotopic (exact) mass is 405 g/mol. The Kier molecular flexibility index (Phi) is 7.31. The highest BCUT2D eigenvalue weighted by Crippen LogP contribution is 2.28. The van der Waals surface area contributed by atoms with Gasteiger partial charge in [0, 0.05) is 4.47 Å². The lowest BCUT2D eigenvalue weighted by molar-refractivity contribution is 0.102. The van der Waals surface area contributed by atoms with Gasteiger partial charge in [0.1, 0.15) is 11.5 Å². The van der Waals surface area contributed by atoms with Gasteiger partial charge in [0.2, 0.25) is 0 Å². The molecule has 1 amide bonds. The molecule has 0 heterocycles. The van der Waals surface area contributed by atoms with Crippen molar-refractivity contribution in [2.24, 2.45) is 0 Å². The lowest BCUT2D eigenvalue weighted by Gasteiger charge is -2.16. The van der Waals surface area contributed by atoms with Crippen LogP contribution >= 0.6 is 15.9 Å². The Labute approximate surface area is 157 Å². The third-order valence-corrected chi connectivity index (χ3v) is 3.93. The van der Waals surface area contributed by atoms with Crippen LogP contribution in [0.25, 0.3) is 0 Å². The molecule has 0 atom stereocenters. The average molecular weight is 406 g/mol. The van der Waals surface area contributed by atoms with Gasteiger partial charge < -0.3 is 14.8 Å². The molecule has 5 heteroatoms. The highest BCUT2D eigenvalue weighted by Gasteiger charge is 2.16. The molecule has 0 fully saturated rings. The molecule has 0 unspecified atom stereocenters. The van der Waals surface area contributed by atoms with Crippen LogP contribution in [0.5, 0.6) is 11.5 Å². The zero-order valence-electron chi connectivity index (χ0n) is 14.8. The Morgan fingerprint density at radius 2 is 1.92 bits per heavy atom. The first-order valence-electron chi connectivity index (χ1n) is 8.50. The number of nitrogens with one attached hydrogen (secondary N) is 1. The summed E-state index contributed by atoms with van der Waals surface area (Å²) >= 11 is 3.41. The SMILES string of the molecule is CCCCOc1ccccc1NC(=O)c1cc(Br)ccc1OC(C)C. The molecule has 0 bridgehead atoms. The molecule has 0 aliphatic rings. The van der Waals surface area contributed by atoms with E-state index >= 15 is 0 Å². The van der Waals surface area contributed by atoms with Gasteiger partial charge in [-0.25, -0.2) is 0 Å². The summed E-state index contributed by atoms with van der Waals surface area (Å²) in [5.74, 6) is 0.995. The molecule has 4 nitrogen and oxygen atoms in total. The molecule has 0 radical (unpaired) electrons. The Balaban J connectivity index is 2.21. The first kappa shape index (κ1) is 19.3. The van der Waals surface area contributed by atoms with Gasteiger partial charge in [0.25, 0.3) is 5.91 Å². The fraction of sp³-hybridized carbons (Fsp3) is 0.350. The second-order valence-corrected chi connectivity index (χ2v) is 6.88. The topological polar surface area (TPSA) is 47.6 Å². The minimum atomic E-state index is -0.233. The summed E-state index contributed by atoms with van der Waals surface area (Å²) in [6.07, 6.45) is 2.01. The molecule has 0 spiro atoms. The fourth-order valence-corrected chi connectivity index (χ4v) is 2.61. The Hall–Kier alpha value is -2.01. The Morgan fingerprint density at radius 1 is 1.16 bits per heavy atom. The number of ether oxygens (including phenoxy) is 2. The predicted molar refractivity (Wildman–Crippen MR) is 105 cm³/mol. The molecule has 25 heavy (non-hydrogen) atoms. The van der Waals surface area contributed by atoms with E-state index in [1.54, 1.807) is 12.1 Å². The number of benzene rings is 2. The van der Waals surface area contributed by atoms with Gasteiger partial charge in [0.05, 0.1) is 24.0 Å². The summed E-state index contributed by atoms with van der Waals surface area (Å²) in [5, 5.41) is 2.93. The molecule has 0 saturated heterocycles. The van der Waals surface area contributed by atoms with Crippen LogP contribution in [0.2, 0.25) is 0 Å². The molecule has 0 saturated carbocycles. The van der Waals surface area contributed by atoms with Crippen molar-refractivity contribution in [1.29, 1.82) is 0 Å². The van der Waals surface area contributed by atoms with E-state index in [1.165, 1.54) is 0 Å².